The summed E-state index contributed by atoms with van der Waals surface area (Å²) in [6.07, 6.45) is -4.63. The summed E-state index contributed by atoms with van der Waals surface area (Å²) in [4.78, 5) is 0. The fraction of sp³-hybridized carbons (Fsp3) is 0.739. The molecule has 2 saturated carbocycles. The molecule has 3 rings (SSSR count). The normalized spacial score (nSPS) is 38.2. The first kappa shape index (κ1) is 22.5. The third kappa shape index (κ3) is 5.11. The highest BCUT2D eigenvalue weighted by Gasteiger charge is 2.43. The van der Waals surface area contributed by atoms with E-state index in [0.29, 0.717) is 12.8 Å². The van der Waals surface area contributed by atoms with Crippen LogP contribution in [0.25, 0.3) is 0 Å². The molecule has 0 nitrogen and oxygen atoms in total. The molecule has 4 atom stereocenters. The molecule has 29 heavy (non-hydrogen) atoms. The summed E-state index contributed by atoms with van der Waals surface area (Å²) in [5, 5.41) is 0. The molecule has 0 N–H and O–H groups in total. The molecule has 0 heterocycles. The summed E-state index contributed by atoms with van der Waals surface area (Å²) in [6, 6.07) is 2.30. The molecule has 0 spiro atoms. The Balaban J connectivity index is 1.63. The lowest BCUT2D eigenvalue weighted by Crippen LogP contribution is -2.41. The van der Waals surface area contributed by atoms with E-state index in [4.69, 9.17) is 0 Å². The molecule has 6 heteroatoms. The highest BCUT2D eigenvalue weighted by molar-refractivity contribution is 5.27. The molecule has 0 saturated heterocycles. The average Bonchev–Trinajstić information content (AvgIpc) is 2.61. The van der Waals surface area contributed by atoms with Crippen LogP contribution in [-0.4, -0.2) is 24.7 Å². The van der Waals surface area contributed by atoms with Gasteiger partial charge in [0.15, 0.2) is 0 Å². The van der Waals surface area contributed by atoms with Crippen molar-refractivity contribution in [3.05, 3.63) is 34.9 Å². The SMILES string of the molecule is CCc1c(F)cc(CC2C(F)CC(CC3C(F)CC(C)CC3F)CC2F)cc1F. The Morgan fingerprint density at radius 2 is 1.28 bits per heavy atom. The number of halogens is 6. The number of hydrogen-bond acceptors (Lipinski definition) is 0. The van der Waals surface area contributed by atoms with Gasteiger partial charge < -0.3 is 0 Å². The van der Waals surface area contributed by atoms with Gasteiger partial charge in [0.1, 0.15) is 36.3 Å². The van der Waals surface area contributed by atoms with Gasteiger partial charge in [-0.1, -0.05) is 13.8 Å². The monoisotopic (exact) mass is 420 g/mol. The standard InChI is InChI=1S/C23H30F6/c1-3-15-20(26)8-13(9-21(15)27)7-17-22(28)10-14(11-23(17)29)6-16-18(24)4-12(2)5-19(16)25/h8-9,12,14,16-19,22-23H,3-7,10-11H2,1-2H3. The van der Waals surface area contributed by atoms with Crippen molar-refractivity contribution >= 4 is 0 Å². The van der Waals surface area contributed by atoms with E-state index in [9.17, 15) is 26.3 Å². The van der Waals surface area contributed by atoms with Gasteiger partial charge in [-0.3, -0.25) is 0 Å². The van der Waals surface area contributed by atoms with Crippen molar-refractivity contribution in [2.24, 2.45) is 23.7 Å². The van der Waals surface area contributed by atoms with Crippen molar-refractivity contribution in [2.45, 2.75) is 83.5 Å². The van der Waals surface area contributed by atoms with Crippen molar-refractivity contribution in [2.75, 3.05) is 0 Å². The minimum atomic E-state index is -1.50. The van der Waals surface area contributed by atoms with Crippen LogP contribution in [-0.2, 0) is 12.8 Å². The Kier molecular flexibility index (Phi) is 7.21. The van der Waals surface area contributed by atoms with E-state index in [1.54, 1.807) is 6.92 Å². The first-order valence-corrected chi connectivity index (χ1v) is 10.7. The van der Waals surface area contributed by atoms with Gasteiger partial charge in [-0.15, -0.1) is 0 Å². The van der Waals surface area contributed by atoms with Gasteiger partial charge in [0, 0.05) is 17.4 Å². The highest BCUT2D eigenvalue weighted by Crippen LogP contribution is 2.43. The Bertz CT molecular complexity index is 645. The van der Waals surface area contributed by atoms with Crippen LogP contribution >= 0.6 is 0 Å². The summed E-state index contributed by atoms with van der Waals surface area (Å²) < 4.78 is 86.1. The fourth-order valence-corrected chi connectivity index (χ4v) is 5.26. The van der Waals surface area contributed by atoms with E-state index < -0.39 is 54.1 Å². The molecule has 2 aliphatic carbocycles. The number of benzene rings is 1. The predicted molar refractivity (Wildman–Crippen MR) is 102 cm³/mol. The second kappa shape index (κ2) is 9.30. The highest BCUT2D eigenvalue weighted by atomic mass is 19.2. The van der Waals surface area contributed by atoms with Gasteiger partial charge in [-0.05, 0) is 74.5 Å². The molecule has 0 amide bonds. The van der Waals surface area contributed by atoms with Gasteiger partial charge in [0.2, 0.25) is 0 Å². The van der Waals surface area contributed by atoms with Crippen LogP contribution in [0.2, 0.25) is 0 Å². The first-order valence-electron chi connectivity index (χ1n) is 10.7. The zero-order chi connectivity index (χ0) is 21.3. The molecular weight excluding hydrogens is 390 g/mol. The van der Waals surface area contributed by atoms with E-state index >= 15 is 0 Å². The minimum Gasteiger partial charge on any atom is -0.247 e. The van der Waals surface area contributed by atoms with E-state index in [2.05, 4.69) is 0 Å². The van der Waals surface area contributed by atoms with E-state index in [1.807, 2.05) is 6.92 Å². The Labute approximate surface area is 169 Å². The summed E-state index contributed by atoms with van der Waals surface area (Å²) in [5.41, 5.74) is 0.203. The lowest BCUT2D eigenvalue weighted by atomic mass is 9.70. The molecule has 164 valence electrons. The van der Waals surface area contributed by atoms with Crippen molar-refractivity contribution in [1.82, 2.24) is 0 Å². The van der Waals surface area contributed by atoms with Crippen molar-refractivity contribution in [3.63, 3.8) is 0 Å². The minimum absolute atomic E-state index is 0.0188. The second-order valence-corrected chi connectivity index (χ2v) is 9.14. The zero-order valence-electron chi connectivity index (χ0n) is 17.0. The fourth-order valence-electron chi connectivity index (χ4n) is 5.26. The smallest absolute Gasteiger partial charge is 0.129 e. The summed E-state index contributed by atoms with van der Waals surface area (Å²) in [7, 11) is 0. The number of rotatable bonds is 5. The first-order chi connectivity index (χ1) is 13.7. The van der Waals surface area contributed by atoms with Gasteiger partial charge in [-0.2, -0.15) is 0 Å². The Hall–Kier alpha value is -1.20. The van der Waals surface area contributed by atoms with Gasteiger partial charge in [0.25, 0.3) is 0 Å². The summed E-state index contributed by atoms with van der Waals surface area (Å²) >= 11 is 0. The predicted octanol–water partition coefficient (Wildman–Crippen LogP) is 6.88. The molecule has 0 aliphatic heterocycles. The molecule has 0 bridgehead atoms. The maximum Gasteiger partial charge on any atom is 0.129 e. The van der Waals surface area contributed by atoms with Crippen molar-refractivity contribution in [3.8, 4) is 0 Å². The Morgan fingerprint density at radius 1 is 0.793 bits per heavy atom. The lowest BCUT2D eigenvalue weighted by Gasteiger charge is -2.39. The summed E-state index contributed by atoms with van der Waals surface area (Å²) in [5.74, 6) is -3.62. The van der Waals surface area contributed by atoms with Crippen LogP contribution < -0.4 is 0 Å². The topological polar surface area (TPSA) is 0 Å². The quantitative estimate of drug-likeness (QED) is 0.455. The van der Waals surface area contributed by atoms with Crippen LogP contribution in [0, 0.1) is 35.3 Å². The number of hydrogen-bond donors (Lipinski definition) is 0. The average molecular weight is 420 g/mol. The Morgan fingerprint density at radius 3 is 1.76 bits per heavy atom. The van der Waals surface area contributed by atoms with Gasteiger partial charge in [-0.25, -0.2) is 26.3 Å². The summed E-state index contributed by atoms with van der Waals surface area (Å²) in [6.45, 7) is 3.45. The molecule has 0 aromatic heterocycles. The zero-order valence-corrected chi connectivity index (χ0v) is 17.0. The van der Waals surface area contributed by atoms with Crippen LogP contribution in [0.4, 0.5) is 26.3 Å². The van der Waals surface area contributed by atoms with Crippen LogP contribution in [0.1, 0.15) is 57.1 Å². The van der Waals surface area contributed by atoms with E-state index in [1.165, 1.54) is 0 Å². The maximum atomic E-state index is 14.8. The third-order valence-corrected chi connectivity index (χ3v) is 6.86. The van der Waals surface area contributed by atoms with Crippen molar-refractivity contribution in [1.29, 1.82) is 0 Å². The van der Waals surface area contributed by atoms with Gasteiger partial charge in [0.05, 0.1) is 0 Å². The van der Waals surface area contributed by atoms with Gasteiger partial charge >= 0.3 is 0 Å². The van der Waals surface area contributed by atoms with Crippen LogP contribution in [0.5, 0.6) is 0 Å². The maximum absolute atomic E-state index is 14.8. The van der Waals surface area contributed by atoms with Crippen LogP contribution in [0.3, 0.4) is 0 Å². The second-order valence-electron chi connectivity index (χ2n) is 9.14. The molecular formula is C23H30F6. The van der Waals surface area contributed by atoms with E-state index in [-0.39, 0.29) is 49.1 Å². The molecule has 1 aromatic carbocycles. The van der Waals surface area contributed by atoms with E-state index in [0.717, 1.165) is 12.1 Å². The van der Waals surface area contributed by atoms with Crippen molar-refractivity contribution < 1.29 is 26.3 Å². The molecule has 4 unspecified atom stereocenters. The van der Waals surface area contributed by atoms with Crippen LogP contribution in [0.15, 0.2) is 12.1 Å². The molecule has 2 aliphatic rings. The molecule has 1 aromatic rings. The largest absolute Gasteiger partial charge is 0.247 e. The lowest BCUT2D eigenvalue weighted by molar-refractivity contribution is -0.000758. The molecule has 0 radical (unpaired) electrons. The molecule has 2 fully saturated rings. The third-order valence-electron chi connectivity index (χ3n) is 6.86. The number of alkyl halides is 4.